The molecule has 4 N–H and O–H groups in total. The second-order valence-electron chi connectivity index (χ2n) is 5.91. The molecule has 1 aliphatic rings. The number of primary amides is 1. The number of anilines is 1. The van der Waals surface area contributed by atoms with Gasteiger partial charge in [-0.05, 0) is 50.7 Å². The molecule has 0 aliphatic heterocycles. The van der Waals surface area contributed by atoms with Gasteiger partial charge in [0, 0.05) is 5.69 Å². The van der Waals surface area contributed by atoms with Crippen LogP contribution in [0.3, 0.4) is 0 Å². The number of carboxylic acid groups (broad SMARTS) is 1. The fourth-order valence-electron chi connectivity index (χ4n) is 2.72. The highest BCUT2D eigenvalue weighted by Gasteiger charge is 2.42. The number of nitrogens with zero attached hydrogens (tertiary/aromatic N) is 1. The fraction of sp³-hybridized carbons (Fsp3) is 0.533. The number of aromatic nitrogens is 1. The third kappa shape index (κ3) is 3.15. The van der Waals surface area contributed by atoms with Crippen LogP contribution in [0.4, 0.5) is 5.82 Å². The van der Waals surface area contributed by atoms with Gasteiger partial charge in [0.2, 0.25) is 0 Å². The molecule has 0 bridgehead atoms. The van der Waals surface area contributed by atoms with Gasteiger partial charge >= 0.3 is 5.97 Å². The van der Waals surface area contributed by atoms with Crippen molar-refractivity contribution >= 4 is 17.7 Å². The molecule has 0 unspecified atom stereocenters. The molecule has 2 rings (SSSR count). The first kappa shape index (κ1) is 15.3. The van der Waals surface area contributed by atoms with E-state index in [9.17, 15) is 14.7 Å². The summed E-state index contributed by atoms with van der Waals surface area (Å²) in [7, 11) is 0. The van der Waals surface area contributed by atoms with E-state index in [0.717, 1.165) is 12.8 Å². The van der Waals surface area contributed by atoms with Crippen LogP contribution in [0.2, 0.25) is 0 Å². The molecule has 21 heavy (non-hydrogen) atoms. The highest BCUT2D eigenvalue weighted by atomic mass is 16.4. The minimum atomic E-state index is -1.07. The normalized spacial score (nSPS) is 25.3. The number of amides is 1. The number of carbonyl (C=O) groups excluding carboxylic acids is 1. The molecule has 0 aromatic carbocycles. The maximum Gasteiger partial charge on any atom is 0.329 e. The van der Waals surface area contributed by atoms with Gasteiger partial charge in [-0.25, -0.2) is 9.78 Å². The number of aliphatic carboxylic acids is 1. The van der Waals surface area contributed by atoms with E-state index < -0.39 is 17.4 Å². The average Bonchev–Trinajstić information content (AvgIpc) is 2.41. The van der Waals surface area contributed by atoms with Crippen LogP contribution in [0.25, 0.3) is 0 Å². The smallest absolute Gasteiger partial charge is 0.329 e. The van der Waals surface area contributed by atoms with Gasteiger partial charge in [-0.15, -0.1) is 0 Å². The Balaban J connectivity index is 2.36. The van der Waals surface area contributed by atoms with Crippen LogP contribution >= 0.6 is 0 Å². The van der Waals surface area contributed by atoms with E-state index in [1.165, 1.54) is 0 Å². The molecule has 1 heterocycles. The van der Waals surface area contributed by atoms with Gasteiger partial charge in [-0.2, -0.15) is 0 Å². The molecular formula is C15H21N3O3. The van der Waals surface area contributed by atoms with Crippen LogP contribution in [0.1, 0.15) is 48.7 Å². The van der Waals surface area contributed by atoms with Crippen molar-refractivity contribution in [1.82, 2.24) is 4.98 Å². The van der Waals surface area contributed by atoms with Crippen molar-refractivity contribution < 1.29 is 14.7 Å². The van der Waals surface area contributed by atoms with Crippen LogP contribution in [0, 0.1) is 12.8 Å². The van der Waals surface area contributed by atoms with Crippen molar-refractivity contribution in [3.8, 4) is 0 Å². The quantitative estimate of drug-likeness (QED) is 0.786. The van der Waals surface area contributed by atoms with Gasteiger partial charge in [0.05, 0.1) is 5.56 Å². The van der Waals surface area contributed by atoms with E-state index in [2.05, 4.69) is 17.2 Å². The standard InChI is InChI=1S/C15H21N3O3/c1-9-5-7-15(8-6-9,14(20)21)18-13-11(12(16)19)4-3-10(2)17-13/h3-4,9H,5-8H2,1-2H3,(H2,16,19)(H,17,18)(H,20,21). The summed E-state index contributed by atoms with van der Waals surface area (Å²) in [5, 5.41) is 12.6. The topological polar surface area (TPSA) is 105 Å². The predicted octanol–water partition coefficient (Wildman–Crippen LogP) is 1.93. The molecule has 0 spiro atoms. The van der Waals surface area contributed by atoms with Crippen LogP contribution in [0.15, 0.2) is 12.1 Å². The van der Waals surface area contributed by atoms with Crippen molar-refractivity contribution in [1.29, 1.82) is 0 Å². The second-order valence-corrected chi connectivity index (χ2v) is 5.91. The molecule has 1 amide bonds. The monoisotopic (exact) mass is 291 g/mol. The zero-order chi connectivity index (χ0) is 15.6. The van der Waals surface area contributed by atoms with Crippen molar-refractivity contribution in [3.05, 3.63) is 23.4 Å². The Morgan fingerprint density at radius 2 is 2.00 bits per heavy atom. The lowest BCUT2D eigenvalue weighted by atomic mass is 9.77. The van der Waals surface area contributed by atoms with Gasteiger partial charge in [0.1, 0.15) is 11.4 Å². The van der Waals surface area contributed by atoms with Crippen molar-refractivity contribution in [3.63, 3.8) is 0 Å². The molecule has 1 aliphatic carbocycles. The SMILES string of the molecule is Cc1ccc(C(N)=O)c(NC2(C(=O)O)CCC(C)CC2)n1. The van der Waals surface area contributed by atoms with E-state index in [1.807, 2.05) is 0 Å². The number of pyridine rings is 1. The summed E-state index contributed by atoms with van der Waals surface area (Å²) >= 11 is 0. The molecule has 1 aromatic rings. The number of hydrogen-bond acceptors (Lipinski definition) is 4. The van der Waals surface area contributed by atoms with Crippen LogP contribution in [-0.4, -0.2) is 27.5 Å². The number of nitrogens with one attached hydrogen (secondary N) is 1. The second kappa shape index (κ2) is 5.71. The largest absolute Gasteiger partial charge is 0.480 e. The minimum absolute atomic E-state index is 0.222. The number of rotatable bonds is 4. The molecule has 114 valence electrons. The molecule has 6 heteroatoms. The third-order valence-electron chi connectivity index (χ3n) is 4.19. The predicted molar refractivity (Wildman–Crippen MR) is 79.1 cm³/mol. The highest BCUT2D eigenvalue weighted by molar-refractivity contribution is 5.98. The zero-order valence-electron chi connectivity index (χ0n) is 12.3. The lowest BCUT2D eigenvalue weighted by Crippen LogP contribution is -2.49. The number of aryl methyl sites for hydroxylation is 1. The Morgan fingerprint density at radius 3 is 2.52 bits per heavy atom. The van der Waals surface area contributed by atoms with Crippen LogP contribution in [0.5, 0.6) is 0 Å². The van der Waals surface area contributed by atoms with Crippen LogP contribution in [-0.2, 0) is 4.79 Å². The molecule has 6 nitrogen and oxygen atoms in total. The number of carboxylic acids is 1. The molecular weight excluding hydrogens is 270 g/mol. The Bertz CT molecular complexity index is 563. The van der Waals surface area contributed by atoms with Crippen LogP contribution < -0.4 is 11.1 Å². The van der Waals surface area contributed by atoms with Crippen molar-refractivity contribution in [2.24, 2.45) is 11.7 Å². The molecule has 1 fully saturated rings. The van der Waals surface area contributed by atoms with E-state index >= 15 is 0 Å². The van der Waals surface area contributed by atoms with Gasteiger partial charge in [0.15, 0.2) is 0 Å². The number of nitrogens with two attached hydrogens (primary N) is 1. The molecule has 0 radical (unpaired) electrons. The Morgan fingerprint density at radius 1 is 1.38 bits per heavy atom. The highest BCUT2D eigenvalue weighted by Crippen LogP contribution is 2.35. The minimum Gasteiger partial charge on any atom is -0.480 e. The third-order valence-corrected chi connectivity index (χ3v) is 4.19. The summed E-state index contributed by atoms with van der Waals surface area (Å²) in [6.45, 7) is 3.90. The summed E-state index contributed by atoms with van der Waals surface area (Å²) in [5.41, 5.74) is 5.20. The molecule has 1 saturated carbocycles. The van der Waals surface area contributed by atoms with Gasteiger partial charge < -0.3 is 16.2 Å². The Kier molecular flexibility index (Phi) is 4.16. The van der Waals surface area contributed by atoms with Gasteiger partial charge in [0.25, 0.3) is 5.91 Å². The first-order valence-corrected chi connectivity index (χ1v) is 7.13. The first-order valence-electron chi connectivity index (χ1n) is 7.13. The molecule has 1 aromatic heterocycles. The zero-order valence-corrected chi connectivity index (χ0v) is 12.3. The summed E-state index contributed by atoms with van der Waals surface area (Å²) in [5.74, 6) is -0.748. The maximum absolute atomic E-state index is 11.7. The first-order chi connectivity index (χ1) is 9.84. The summed E-state index contributed by atoms with van der Waals surface area (Å²) in [6, 6.07) is 3.26. The summed E-state index contributed by atoms with van der Waals surface area (Å²) < 4.78 is 0. The van der Waals surface area contributed by atoms with Gasteiger partial charge in [-0.1, -0.05) is 6.92 Å². The lowest BCUT2D eigenvalue weighted by molar-refractivity contribution is -0.143. The lowest BCUT2D eigenvalue weighted by Gasteiger charge is -2.37. The Hall–Kier alpha value is -2.11. The fourth-order valence-corrected chi connectivity index (χ4v) is 2.72. The number of hydrogen-bond donors (Lipinski definition) is 3. The van der Waals surface area contributed by atoms with Crippen molar-refractivity contribution in [2.75, 3.05) is 5.32 Å². The van der Waals surface area contributed by atoms with Crippen molar-refractivity contribution in [2.45, 2.75) is 45.1 Å². The maximum atomic E-state index is 11.7. The molecule has 0 atom stereocenters. The summed E-state index contributed by atoms with van der Waals surface area (Å²) in [6.07, 6.45) is 2.68. The van der Waals surface area contributed by atoms with E-state index in [-0.39, 0.29) is 11.4 Å². The number of carbonyl (C=O) groups is 2. The van der Waals surface area contributed by atoms with E-state index in [0.29, 0.717) is 24.5 Å². The summed E-state index contributed by atoms with van der Waals surface area (Å²) in [4.78, 5) is 27.5. The average molecular weight is 291 g/mol. The van der Waals surface area contributed by atoms with Gasteiger partial charge in [-0.3, -0.25) is 4.79 Å². The van der Waals surface area contributed by atoms with E-state index in [4.69, 9.17) is 5.73 Å². The Labute approximate surface area is 123 Å². The molecule has 0 saturated heterocycles. The van der Waals surface area contributed by atoms with E-state index in [1.54, 1.807) is 19.1 Å².